The summed E-state index contributed by atoms with van der Waals surface area (Å²) in [4.78, 5) is 11.7. The van der Waals surface area contributed by atoms with Crippen LogP contribution >= 0.6 is 0 Å². The van der Waals surface area contributed by atoms with E-state index in [0.717, 1.165) is 47.4 Å². The monoisotopic (exact) mass is 265 g/mol. The first-order valence-electron chi connectivity index (χ1n) is 6.76. The van der Waals surface area contributed by atoms with Crippen molar-refractivity contribution in [3.8, 4) is 0 Å². The van der Waals surface area contributed by atoms with Crippen molar-refractivity contribution in [1.29, 1.82) is 0 Å². The standard InChI is InChI=1S/C15H15N5/c1-10-12-15(19(2)18-10)20-9-8-16-14(20)13(17-12)11-6-4-3-5-7-11/h3-7H,8-9H2,1-2H3. The summed E-state index contributed by atoms with van der Waals surface area (Å²) in [5.41, 5.74) is 3.98. The number of anilines is 1. The maximum absolute atomic E-state index is 4.84. The maximum atomic E-state index is 4.84. The van der Waals surface area contributed by atoms with Crippen LogP contribution in [-0.4, -0.2) is 34.4 Å². The first kappa shape index (κ1) is 11.4. The number of rotatable bonds is 1. The quantitative estimate of drug-likeness (QED) is 0.792. The summed E-state index contributed by atoms with van der Waals surface area (Å²) in [6.45, 7) is 3.71. The molecule has 0 saturated heterocycles. The summed E-state index contributed by atoms with van der Waals surface area (Å²) in [5.74, 6) is 2.02. The van der Waals surface area contributed by atoms with Crippen LogP contribution in [0.25, 0.3) is 0 Å². The van der Waals surface area contributed by atoms with E-state index < -0.39 is 0 Å². The third-order valence-electron chi connectivity index (χ3n) is 3.74. The molecule has 0 unspecified atom stereocenters. The SMILES string of the molecule is Cc1nn(C)c2c1N=C(c1ccccc1)C1=NCCN12. The Bertz CT molecular complexity index is 739. The van der Waals surface area contributed by atoms with Crippen molar-refractivity contribution in [2.75, 3.05) is 18.0 Å². The van der Waals surface area contributed by atoms with Crippen LogP contribution in [0.1, 0.15) is 11.3 Å². The number of aryl methyl sites for hydroxylation is 2. The molecule has 0 N–H and O–H groups in total. The van der Waals surface area contributed by atoms with Crippen LogP contribution in [0.3, 0.4) is 0 Å². The fraction of sp³-hybridized carbons (Fsp3) is 0.267. The van der Waals surface area contributed by atoms with Gasteiger partial charge in [-0.15, -0.1) is 0 Å². The van der Waals surface area contributed by atoms with Gasteiger partial charge in [0.15, 0.2) is 11.7 Å². The van der Waals surface area contributed by atoms with Gasteiger partial charge in [-0.25, -0.2) is 4.99 Å². The van der Waals surface area contributed by atoms with Gasteiger partial charge >= 0.3 is 0 Å². The third-order valence-corrected chi connectivity index (χ3v) is 3.74. The molecule has 0 fully saturated rings. The zero-order valence-electron chi connectivity index (χ0n) is 11.5. The van der Waals surface area contributed by atoms with Crippen LogP contribution in [0.15, 0.2) is 40.3 Å². The average molecular weight is 265 g/mol. The molecular formula is C15H15N5. The van der Waals surface area contributed by atoms with E-state index in [1.54, 1.807) is 0 Å². The molecule has 0 radical (unpaired) electrons. The Morgan fingerprint density at radius 3 is 2.75 bits per heavy atom. The molecule has 20 heavy (non-hydrogen) atoms. The molecule has 0 atom stereocenters. The van der Waals surface area contributed by atoms with E-state index in [2.05, 4.69) is 27.1 Å². The minimum absolute atomic E-state index is 0.810. The Morgan fingerprint density at radius 1 is 1.15 bits per heavy atom. The van der Waals surface area contributed by atoms with Crippen molar-refractivity contribution in [1.82, 2.24) is 9.78 Å². The third kappa shape index (κ3) is 1.46. The summed E-state index contributed by atoms with van der Waals surface area (Å²) in [7, 11) is 1.96. The van der Waals surface area contributed by atoms with Crippen LogP contribution in [0.5, 0.6) is 0 Å². The maximum Gasteiger partial charge on any atom is 0.158 e. The van der Waals surface area contributed by atoms with E-state index >= 15 is 0 Å². The minimum atomic E-state index is 0.810. The lowest BCUT2D eigenvalue weighted by atomic mass is 10.1. The zero-order valence-corrected chi connectivity index (χ0v) is 11.5. The van der Waals surface area contributed by atoms with E-state index in [1.807, 2.05) is 36.9 Å². The molecule has 4 rings (SSSR count). The molecule has 2 aliphatic rings. The van der Waals surface area contributed by atoms with Gasteiger partial charge in [0.2, 0.25) is 0 Å². The van der Waals surface area contributed by atoms with Crippen molar-refractivity contribution in [2.45, 2.75) is 6.92 Å². The second-order valence-electron chi connectivity index (χ2n) is 5.06. The second-order valence-corrected chi connectivity index (χ2v) is 5.06. The topological polar surface area (TPSA) is 45.8 Å². The number of nitrogens with zero attached hydrogens (tertiary/aromatic N) is 5. The number of aliphatic imine (C=N–C) groups is 2. The molecule has 100 valence electrons. The van der Waals surface area contributed by atoms with Crippen LogP contribution in [-0.2, 0) is 7.05 Å². The zero-order chi connectivity index (χ0) is 13.7. The van der Waals surface area contributed by atoms with E-state index in [-0.39, 0.29) is 0 Å². The fourth-order valence-corrected chi connectivity index (χ4v) is 2.88. The van der Waals surface area contributed by atoms with Gasteiger partial charge in [0.05, 0.1) is 12.2 Å². The first-order chi connectivity index (χ1) is 9.75. The van der Waals surface area contributed by atoms with Gasteiger partial charge in [-0.1, -0.05) is 30.3 Å². The Kier molecular flexibility index (Phi) is 2.30. The van der Waals surface area contributed by atoms with Crippen LogP contribution in [0.4, 0.5) is 11.5 Å². The number of hydrogen-bond donors (Lipinski definition) is 0. The van der Waals surface area contributed by atoms with Gasteiger partial charge in [-0.2, -0.15) is 5.10 Å². The molecular weight excluding hydrogens is 250 g/mol. The summed E-state index contributed by atoms with van der Waals surface area (Å²) < 4.78 is 1.90. The molecule has 0 aliphatic carbocycles. The van der Waals surface area contributed by atoms with Crippen molar-refractivity contribution in [2.24, 2.45) is 17.0 Å². The fourth-order valence-electron chi connectivity index (χ4n) is 2.88. The molecule has 0 bridgehead atoms. The summed E-state index contributed by atoms with van der Waals surface area (Å²) in [5, 5.41) is 4.49. The predicted octanol–water partition coefficient (Wildman–Crippen LogP) is 2.08. The van der Waals surface area contributed by atoms with Gasteiger partial charge in [0, 0.05) is 19.2 Å². The van der Waals surface area contributed by atoms with Crippen LogP contribution in [0, 0.1) is 6.92 Å². The molecule has 2 aromatic rings. The van der Waals surface area contributed by atoms with Crippen LogP contribution in [0.2, 0.25) is 0 Å². The van der Waals surface area contributed by atoms with Gasteiger partial charge < -0.3 is 4.90 Å². The molecule has 0 amide bonds. The predicted molar refractivity (Wildman–Crippen MR) is 80.2 cm³/mol. The lowest BCUT2D eigenvalue weighted by molar-refractivity contribution is 0.747. The van der Waals surface area contributed by atoms with Gasteiger partial charge in [-0.3, -0.25) is 9.67 Å². The van der Waals surface area contributed by atoms with Gasteiger partial charge in [0.25, 0.3) is 0 Å². The second kappa shape index (κ2) is 4.03. The number of fused-ring (bicyclic) bond motifs is 3. The molecule has 3 heterocycles. The summed E-state index contributed by atoms with van der Waals surface area (Å²) in [6, 6.07) is 10.2. The van der Waals surface area contributed by atoms with Crippen molar-refractivity contribution in [3.05, 3.63) is 41.6 Å². The molecule has 5 heteroatoms. The molecule has 1 aromatic carbocycles. The van der Waals surface area contributed by atoms with E-state index in [1.165, 1.54) is 0 Å². The Balaban J connectivity index is 1.97. The van der Waals surface area contributed by atoms with Crippen molar-refractivity contribution >= 4 is 23.1 Å². The summed E-state index contributed by atoms with van der Waals surface area (Å²) in [6.07, 6.45) is 0. The Morgan fingerprint density at radius 2 is 1.95 bits per heavy atom. The Hall–Kier alpha value is -2.43. The number of hydrogen-bond acceptors (Lipinski definition) is 4. The smallest absolute Gasteiger partial charge is 0.158 e. The highest BCUT2D eigenvalue weighted by Gasteiger charge is 2.33. The molecule has 0 spiro atoms. The molecule has 0 saturated carbocycles. The van der Waals surface area contributed by atoms with E-state index in [9.17, 15) is 0 Å². The number of aromatic nitrogens is 2. The summed E-state index contributed by atoms with van der Waals surface area (Å²) >= 11 is 0. The van der Waals surface area contributed by atoms with Gasteiger partial charge in [0.1, 0.15) is 11.4 Å². The lowest BCUT2D eigenvalue weighted by Crippen LogP contribution is -2.37. The van der Waals surface area contributed by atoms with Crippen LogP contribution < -0.4 is 4.90 Å². The highest BCUT2D eigenvalue weighted by molar-refractivity contribution is 6.53. The normalized spacial score (nSPS) is 16.6. The van der Waals surface area contributed by atoms with E-state index in [0.29, 0.717) is 0 Å². The number of amidine groups is 1. The Labute approximate surface area is 117 Å². The molecule has 2 aliphatic heterocycles. The van der Waals surface area contributed by atoms with E-state index in [4.69, 9.17) is 4.99 Å². The minimum Gasteiger partial charge on any atom is -0.306 e. The lowest BCUT2D eigenvalue weighted by Gasteiger charge is -2.26. The molecule has 5 nitrogen and oxygen atoms in total. The van der Waals surface area contributed by atoms with Gasteiger partial charge in [-0.05, 0) is 6.92 Å². The number of benzene rings is 1. The van der Waals surface area contributed by atoms with Crippen molar-refractivity contribution in [3.63, 3.8) is 0 Å². The van der Waals surface area contributed by atoms with Crippen molar-refractivity contribution < 1.29 is 0 Å². The largest absolute Gasteiger partial charge is 0.306 e. The molecule has 1 aromatic heterocycles. The highest BCUT2D eigenvalue weighted by atomic mass is 15.4. The first-order valence-corrected chi connectivity index (χ1v) is 6.76. The highest BCUT2D eigenvalue weighted by Crippen LogP contribution is 2.37. The average Bonchev–Trinajstić information content (AvgIpc) is 3.04.